The van der Waals surface area contributed by atoms with E-state index in [0.717, 1.165) is 25.0 Å². The van der Waals surface area contributed by atoms with Crippen LogP contribution < -0.4 is 5.32 Å². The van der Waals surface area contributed by atoms with Gasteiger partial charge in [-0.2, -0.15) is 0 Å². The fraction of sp³-hybridized carbons (Fsp3) is 0.231. The van der Waals surface area contributed by atoms with E-state index in [9.17, 15) is 10.1 Å². The van der Waals surface area contributed by atoms with Crippen LogP contribution in [0.3, 0.4) is 0 Å². The van der Waals surface area contributed by atoms with E-state index in [-0.39, 0.29) is 5.69 Å². The quantitative estimate of drug-likeness (QED) is 0.411. The highest BCUT2D eigenvalue weighted by Gasteiger charge is 2.09. The number of aryl methyl sites for hydroxylation is 1. The number of hydrogen-bond donors (Lipinski definition) is 2. The van der Waals surface area contributed by atoms with Gasteiger partial charge in [-0.25, -0.2) is 9.97 Å². The van der Waals surface area contributed by atoms with Gasteiger partial charge in [-0.3, -0.25) is 10.1 Å². The average Bonchev–Trinajstić information content (AvgIpc) is 3.11. The van der Waals surface area contributed by atoms with Crippen LogP contribution in [0.5, 0.6) is 0 Å². The topological polar surface area (TPSA) is 102 Å². The van der Waals surface area contributed by atoms with E-state index in [4.69, 9.17) is 0 Å². The third kappa shape index (κ3) is 2.99. The van der Waals surface area contributed by atoms with Crippen molar-refractivity contribution >= 4 is 22.7 Å². The van der Waals surface area contributed by atoms with Gasteiger partial charge in [0.05, 0.1) is 22.3 Å². The first-order valence-electron chi connectivity index (χ1n) is 6.56. The van der Waals surface area contributed by atoms with Gasteiger partial charge in [0.1, 0.15) is 0 Å². The van der Waals surface area contributed by atoms with Gasteiger partial charge in [0.2, 0.25) is 5.95 Å². The molecule has 3 rings (SSSR count). The summed E-state index contributed by atoms with van der Waals surface area (Å²) in [6, 6.07) is 4.59. The molecule has 0 bridgehead atoms. The van der Waals surface area contributed by atoms with E-state index >= 15 is 0 Å². The van der Waals surface area contributed by atoms with Crippen LogP contribution >= 0.6 is 0 Å². The fourth-order valence-corrected chi connectivity index (χ4v) is 2.08. The highest BCUT2D eigenvalue weighted by molar-refractivity contribution is 5.79. The second-order valence-electron chi connectivity index (χ2n) is 4.62. The summed E-state index contributed by atoms with van der Waals surface area (Å²) in [6.45, 7) is 1.62. The van der Waals surface area contributed by atoms with Crippen molar-refractivity contribution in [2.24, 2.45) is 0 Å². The number of rotatable bonds is 6. The van der Waals surface area contributed by atoms with E-state index in [1.54, 1.807) is 18.6 Å². The number of fused-ring (bicyclic) bond motifs is 1. The average molecular weight is 286 g/mol. The fourth-order valence-electron chi connectivity index (χ4n) is 2.08. The van der Waals surface area contributed by atoms with E-state index in [0.29, 0.717) is 11.5 Å². The normalized spacial score (nSPS) is 10.9. The summed E-state index contributed by atoms with van der Waals surface area (Å²) in [4.78, 5) is 21.7. The summed E-state index contributed by atoms with van der Waals surface area (Å²) in [5.41, 5.74) is 1.40. The maximum Gasteiger partial charge on any atom is 0.271 e. The lowest BCUT2D eigenvalue weighted by atomic mass is 10.3. The Balaban J connectivity index is 1.60. The van der Waals surface area contributed by atoms with Crippen molar-refractivity contribution < 1.29 is 4.92 Å². The molecule has 0 aliphatic heterocycles. The van der Waals surface area contributed by atoms with E-state index in [1.165, 1.54) is 12.1 Å². The summed E-state index contributed by atoms with van der Waals surface area (Å²) in [7, 11) is 0. The lowest BCUT2D eigenvalue weighted by molar-refractivity contribution is -0.384. The van der Waals surface area contributed by atoms with Gasteiger partial charge in [0.15, 0.2) is 0 Å². The molecule has 2 N–H and O–H groups in total. The molecule has 0 amide bonds. The number of benzene rings is 1. The van der Waals surface area contributed by atoms with Crippen molar-refractivity contribution in [2.45, 2.75) is 13.0 Å². The van der Waals surface area contributed by atoms with Crippen LogP contribution in [0.15, 0.2) is 36.9 Å². The number of nitro groups is 1. The van der Waals surface area contributed by atoms with Crippen LogP contribution in [0.1, 0.15) is 6.42 Å². The Hall–Kier alpha value is -2.90. The Morgan fingerprint density at radius 3 is 3.10 bits per heavy atom. The Morgan fingerprint density at radius 1 is 1.43 bits per heavy atom. The van der Waals surface area contributed by atoms with Gasteiger partial charge in [-0.05, 0) is 12.5 Å². The molecule has 21 heavy (non-hydrogen) atoms. The van der Waals surface area contributed by atoms with Gasteiger partial charge in [-0.15, -0.1) is 0 Å². The van der Waals surface area contributed by atoms with Crippen LogP contribution in [-0.2, 0) is 6.54 Å². The largest absolute Gasteiger partial charge is 0.356 e. The second-order valence-corrected chi connectivity index (χ2v) is 4.62. The molecular weight excluding hydrogens is 272 g/mol. The number of nitrogens with zero attached hydrogens (tertiary/aromatic N) is 4. The summed E-state index contributed by atoms with van der Waals surface area (Å²) >= 11 is 0. The Labute approximate surface area is 120 Å². The predicted molar refractivity (Wildman–Crippen MR) is 78.1 cm³/mol. The molecule has 2 aromatic heterocycles. The Kier molecular flexibility index (Phi) is 3.50. The van der Waals surface area contributed by atoms with Crippen LogP contribution in [0.2, 0.25) is 0 Å². The molecule has 0 unspecified atom stereocenters. The molecule has 2 heterocycles. The van der Waals surface area contributed by atoms with Crippen molar-refractivity contribution in [3.63, 3.8) is 0 Å². The molecule has 8 nitrogen and oxygen atoms in total. The zero-order valence-electron chi connectivity index (χ0n) is 11.2. The number of non-ortho nitro benzene ring substituents is 1. The minimum absolute atomic E-state index is 0.0423. The number of nitro benzene ring substituents is 1. The number of anilines is 1. The molecular formula is C13H14N6O2. The minimum atomic E-state index is -0.424. The third-order valence-corrected chi connectivity index (χ3v) is 3.12. The van der Waals surface area contributed by atoms with Gasteiger partial charge in [0.25, 0.3) is 5.69 Å². The first-order valence-corrected chi connectivity index (χ1v) is 6.56. The third-order valence-electron chi connectivity index (χ3n) is 3.12. The minimum Gasteiger partial charge on any atom is -0.356 e. The number of aromatic amines is 1. The standard InChI is InChI=1S/C13H14N6O2/c20-19(21)10-2-3-11-12(8-10)17-13(16-11)15-4-1-6-18-7-5-14-9-18/h2-3,5,7-9H,1,4,6H2,(H2,15,16,17). The molecule has 1 aromatic carbocycles. The highest BCUT2D eigenvalue weighted by Crippen LogP contribution is 2.20. The number of H-pyrrole nitrogens is 1. The van der Waals surface area contributed by atoms with Crippen molar-refractivity contribution in [3.8, 4) is 0 Å². The lowest BCUT2D eigenvalue weighted by Gasteiger charge is -2.03. The highest BCUT2D eigenvalue weighted by atomic mass is 16.6. The number of nitrogens with one attached hydrogen (secondary N) is 2. The number of hydrogen-bond acceptors (Lipinski definition) is 5. The van der Waals surface area contributed by atoms with E-state index in [1.807, 2.05) is 10.8 Å². The van der Waals surface area contributed by atoms with Gasteiger partial charge in [-0.1, -0.05) is 0 Å². The molecule has 0 spiro atoms. The zero-order valence-corrected chi connectivity index (χ0v) is 11.2. The van der Waals surface area contributed by atoms with Crippen molar-refractivity contribution in [1.29, 1.82) is 0 Å². The summed E-state index contributed by atoms with van der Waals surface area (Å²) in [5, 5.41) is 13.9. The Bertz CT molecular complexity index is 749. The Morgan fingerprint density at radius 2 is 2.33 bits per heavy atom. The lowest BCUT2D eigenvalue weighted by Crippen LogP contribution is -2.06. The molecule has 0 radical (unpaired) electrons. The van der Waals surface area contributed by atoms with E-state index in [2.05, 4.69) is 20.3 Å². The molecule has 0 saturated heterocycles. The monoisotopic (exact) mass is 286 g/mol. The SMILES string of the molecule is O=[N+]([O-])c1ccc2[nH]c(NCCCn3ccnc3)nc2c1. The molecule has 0 saturated carbocycles. The maximum absolute atomic E-state index is 10.7. The molecule has 0 aliphatic carbocycles. The summed E-state index contributed by atoms with van der Waals surface area (Å²) < 4.78 is 2.00. The zero-order chi connectivity index (χ0) is 14.7. The van der Waals surface area contributed by atoms with Gasteiger partial charge in [0, 0.05) is 37.6 Å². The van der Waals surface area contributed by atoms with Crippen LogP contribution in [-0.4, -0.2) is 31.0 Å². The molecule has 3 aromatic rings. The predicted octanol–water partition coefficient (Wildman–Crippen LogP) is 2.17. The molecule has 0 fully saturated rings. The van der Waals surface area contributed by atoms with Crippen LogP contribution in [0.4, 0.5) is 11.6 Å². The molecule has 0 atom stereocenters. The van der Waals surface area contributed by atoms with E-state index < -0.39 is 4.92 Å². The van der Waals surface area contributed by atoms with Gasteiger partial charge < -0.3 is 14.9 Å². The maximum atomic E-state index is 10.7. The first-order chi connectivity index (χ1) is 10.2. The molecule has 0 aliphatic rings. The summed E-state index contributed by atoms with van der Waals surface area (Å²) in [6.07, 6.45) is 6.37. The first kappa shape index (κ1) is 13.1. The summed E-state index contributed by atoms with van der Waals surface area (Å²) in [5.74, 6) is 0.621. The molecule has 8 heteroatoms. The van der Waals surface area contributed by atoms with Crippen LogP contribution in [0, 0.1) is 10.1 Å². The molecule has 108 valence electrons. The van der Waals surface area contributed by atoms with Crippen molar-refractivity contribution in [3.05, 3.63) is 47.0 Å². The van der Waals surface area contributed by atoms with Crippen molar-refractivity contribution in [2.75, 3.05) is 11.9 Å². The van der Waals surface area contributed by atoms with Gasteiger partial charge >= 0.3 is 0 Å². The van der Waals surface area contributed by atoms with Crippen LogP contribution in [0.25, 0.3) is 11.0 Å². The number of aromatic nitrogens is 4. The smallest absolute Gasteiger partial charge is 0.271 e. The van der Waals surface area contributed by atoms with Crippen molar-refractivity contribution in [1.82, 2.24) is 19.5 Å². The number of imidazole rings is 2. The second kappa shape index (κ2) is 5.61.